The van der Waals surface area contributed by atoms with Gasteiger partial charge in [0.15, 0.2) is 0 Å². The molecule has 1 amide bonds. The molecular weight excluding hydrogens is 274 g/mol. The number of carbonyl (C=O) groups is 1. The fourth-order valence-electron chi connectivity index (χ4n) is 2.29. The van der Waals surface area contributed by atoms with E-state index in [-0.39, 0.29) is 5.91 Å². The summed E-state index contributed by atoms with van der Waals surface area (Å²) in [5.41, 5.74) is 0.896. The lowest BCUT2D eigenvalue weighted by atomic mass is 10.1. The number of rotatable bonds is 5. The molecular formula is C15H22ClN3O. The first-order valence-corrected chi connectivity index (χ1v) is 7.45. The summed E-state index contributed by atoms with van der Waals surface area (Å²) < 4.78 is 0. The van der Waals surface area contributed by atoms with Crippen molar-refractivity contribution in [3.05, 3.63) is 34.9 Å². The lowest BCUT2D eigenvalue weighted by molar-refractivity contribution is -0.129. The van der Waals surface area contributed by atoms with Gasteiger partial charge in [0.2, 0.25) is 5.91 Å². The summed E-state index contributed by atoms with van der Waals surface area (Å²) in [7, 11) is 1.86. The number of piperazine rings is 1. The molecule has 1 aliphatic heterocycles. The van der Waals surface area contributed by atoms with Crippen LogP contribution in [0.2, 0.25) is 5.02 Å². The minimum atomic E-state index is 0.119. The molecule has 0 aromatic heterocycles. The predicted octanol–water partition coefficient (Wildman–Crippen LogP) is 1.25. The second-order valence-electron chi connectivity index (χ2n) is 5.18. The summed E-state index contributed by atoms with van der Waals surface area (Å²) in [5.74, 6) is 0.119. The van der Waals surface area contributed by atoms with E-state index in [0.29, 0.717) is 11.4 Å². The Hall–Kier alpha value is -1.10. The van der Waals surface area contributed by atoms with Gasteiger partial charge in [-0.25, -0.2) is 0 Å². The zero-order valence-electron chi connectivity index (χ0n) is 11.9. The fourth-order valence-corrected chi connectivity index (χ4v) is 2.49. The smallest absolute Gasteiger partial charge is 0.226 e. The minimum absolute atomic E-state index is 0.119. The second-order valence-corrected chi connectivity index (χ2v) is 5.58. The molecule has 110 valence electrons. The van der Waals surface area contributed by atoms with E-state index in [0.717, 1.165) is 44.8 Å². The molecule has 20 heavy (non-hydrogen) atoms. The molecule has 1 heterocycles. The van der Waals surface area contributed by atoms with Crippen LogP contribution in [-0.2, 0) is 11.2 Å². The Morgan fingerprint density at radius 1 is 1.35 bits per heavy atom. The highest BCUT2D eigenvalue weighted by molar-refractivity contribution is 6.31. The summed E-state index contributed by atoms with van der Waals surface area (Å²) in [6.45, 7) is 5.91. The van der Waals surface area contributed by atoms with Crippen LogP contribution < -0.4 is 5.32 Å². The van der Waals surface area contributed by atoms with Gasteiger partial charge in [0.25, 0.3) is 0 Å². The van der Waals surface area contributed by atoms with Crippen molar-refractivity contribution in [1.29, 1.82) is 0 Å². The molecule has 0 bridgehead atoms. The standard InChI is InChI=1S/C15H22ClN3O/c1-18(10-11-19-8-6-17-7-9-19)15(20)12-13-4-2-3-5-14(13)16/h2-5,17H,6-12H2,1H3. The van der Waals surface area contributed by atoms with Crippen LogP contribution in [0, 0.1) is 0 Å². The van der Waals surface area contributed by atoms with Gasteiger partial charge < -0.3 is 10.2 Å². The van der Waals surface area contributed by atoms with Gasteiger partial charge in [0.1, 0.15) is 0 Å². The number of carbonyl (C=O) groups excluding carboxylic acids is 1. The molecule has 1 saturated heterocycles. The lowest BCUT2D eigenvalue weighted by Gasteiger charge is -2.29. The summed E-state index contributed by atoms with van der Waals surface area (Å²) in [6, 6.07) is 7.52. The number of amides is 1. The molecule has 1 aliphatic rings. The Labute approximate surface area is 125 Å². The third kappa shape index (κ3) is 4.47. The Kier molecular flexibility index (Phi) is 5.83. The van der Waals surface area contributed by atoms with E-state index >= 15 is 0 Å². The number of hydrogen-bond donors (Lipinski definition) is 1. The molecule has 0 atom stereocenters. The van der Waals surface area contributed by atoms with E-state index in [1.807, 2.05) is 31.3 Å². The van der Waals surface area contributed by atoms with Crippen LogP contribution in [0.15, 0.2) is 24.3 Å². The van der Waals surface area contributed by atoms with E-state index in [9.17, 15) is 4.79 Å². The Morgan fingerprint density at radius 3 is 2.75 bits per heavy atom. The van der Waals surface area contributed by atoms with Crippen molar-refractivity contribution < 1.29 is 4.79 Å². The molecule has 0 aliphatic carbocycles. The third-order valence-corrected chi connectivity index (χ3v) is 4.06. The third-order valence-electron chi connectivity index (χ3n) is 3.69. The molecule has 1 N–H and O–H groups in total. The van der Waals surface area contributed by atoms with E-state index in [2.05, 4.69) is 10.2 Å². The minimum Gasteiger partial charge on any atom is -0.344 e. The summed E-state index contributed by atoms with van der Waals surface area (Å²) >= 11 is 6.09. The van der Waals surface area contributed by atoms with E-state index in [4.69, 9.17) is 11.6 Å². The lowest BCUT2D eigenvalue weighted by Crippen LogP contribution is -2.46. The SMILES string of the molecule is CN(CCN1CCNCC1)C(=O)Cc1ccccc1Cl. The van der Waals surface area contributed by atoms with E-state index in [1.54, 1.807) is 4.90 Å². The zero-order valence-corrected chi connectivity index (χ0v) is 12.7. The number of nitrogens with one attached hydrogen (secondary N) is 1. The van der Waals surface area contributed by atoms with Gasteiger partial charge in [0, 0.05) is 51.3 Å². The normalized spacial score (nSPS) is 16.1. The van der Waals surface area contributed by atoms with E-state index < -0.39 is 0 Å². The molecule has 0 unspecified atom stereocenters. The number of hydrogen-bond acceptors (Lipinski definition) is 3. The Balaban J connectivity index is 1.78. The van der Waals surface area contributed by atoms with Crippen LogP contribution in [0.4, 0.5) is 0 Å². The molecule has 0 radical (unpaired) electrons. The van der Waals surface area contributed by atoms with Crippen LogP contribution in [0.1, 0.15) is 5.56 Å². The first-order chi connectivity index (χ1) is 9.66. The van der Waals surface area contributed by atoms with Gasteiger partial charge in [-0.15, -0.1) is 0 Å². The Bertz CT molecular complexity index is 446. The van der Waals surface area contributed by atoms with Crippen molar-refractivity contribution in [3.63, 3.8) is 0 Å². The van der Waals surface area contributed by atoms with Gasteiger partial charge in [0.05, 0.1) is 6.42 Å². The monoisotopic (exact) mass is 295 g/mol. The van der Waals surface area contributed by atoms with Crippen molar-refractivity contribution in [2.45, 2.75) is 6.42 Å². The number of benzene rings is 1. The van der Waals surface area contributed by atoms with Crippen LogP contribution in [-0.4, -0.2) is 62.0 Å². The quantitative estimate of drug-likeness (QED) is 0.888. The number of halogens is 1. The predicted molar refractivity (Wildman–Crippen MR) is 82.1 cm³/mol. The van der Waals surface area contributed by atoms with Gasteiger partial charge in [-0.2, -0.15) is 0 Å². The van der Waals surface area contributed by atoms with Crippen molar-refractivity contribution in [1.82, 2.24) is 15.1 Å². The molecule has 5 heteroatoms. The highest BCUT2D eigenvalue weighted by atomic mass is 35.5. The molecule has 1 fully saturated rings. The maximum atomic E-state index is 12.2. The maximum absolute atomic E-state index is 12.2. The second kappa shape index (κ2) is 7.62. The van der Waals surface area contributed by atoms with Crippen molar-refractivity contribution in [3.8, 4) is 0 Å². The van der Waals surface area contributed by atoms with Crippen LogP contribution in [0.5, 0.6) is 0 Å². The van der Waals surface area contributed by atoms with Crippen LogP contribution >= 0.6 is 11.6 Å². The summed E-state index contributed by atoms with van der Waals surface area (Å²) in [5, 5.41) is 3.99. The van der Waals surface area contributed by atoms with Crippen LogP contribution in [0.25, 0.3) is 0 Å². The van der Waals surface area contributed by atoms with Gasteiger partial charge in [-0.05, 0) is 11.6 Å². The van der Waals surface area contributed by atoms with Crippen molar-refractivity contribution in [2.75, 3.05) is 46.3 Å². The van der Waals surface area contributed by atoms with E-state index in [1.165, 1.54) is 0 Å². The topological polar surface area (TPSA) is 35.6 Å². The van der Waals surface area contributed by atoms with Gasteiger partial charge in [-0.1, -0.05) is 29.8 Å². The van der Waals surface area contributed by atoms with Gasteiger partial charge >= 0.3 is 0 Å². The first-order valence-electron chi connectivity index (χ1n) is 7.07. The maximum Gasteiger partial charge on any atom is 0.226 e. The molecule has 4 nitrogen and oxygen atoms in total. The largest absolute Gasteiger partial charge is 0.344 e. The molecule has 1 aromatic carbocycles. The number of likely N-dealkylation sites (N-methyl/N-ethyl adjacent to an activating group) is 1. The summed E-state index contributed by atoms with van der Waals surface area (Å²) in [4.78, 5) is 16.4. The number of nitrogens with zero attached hydrogens (tertiary/aromatic N) is 2. The molecule has 0 saturated carbocycles. The average molecular weight is 296 g/mol. The first kappa shape index (κ1) is 15.3. The van der Waals surface area contributed by atoms with Crippen molar-refractivity contribution in [2.24, 2.45) is 0 Å². The molecule has 0 spiro atoms. The average Bonchev–Trinajstić information content (AvgIpc) is 2.48. The highest BCUT2D eigenvalue weighted by Crippen LogP contribution is 2.15. The molecule has 2 rings (SSSR count). The Morgan fingerprint density at radius 2 is 2.05 bits per heavy atom. The highest BCUT2D eigenvalue weighted by Gasteiger charge is 2.14. The molecule has 1 aromatic rings. The zero-order chi connectivity index (χ0) is 14.4. The van der Waals surface area contributed by atoms with Gasteiger partial charge in [-0.3, -0.25) is 9.69 Å². The fraction of sp³-hybridized carbons (Fsp3) is 0.533. The summed E-state index contributed by atoms with van der Waals surface area (Å²) in [6.07, 6.45) is 0.373. The van der Waals surface area contributed by atoms with Crippen LogP contribution in [0.3, 0.4) is 0 Å². The van der Waals surface area contributed by atoms with Crippen molar-refractivity contribution >= 4 is 17.5 Å².